The largest absolute Gasteiger partial charge is 0.459 e. The summed E-state index contributed by atoms with van der Waals surface area (Å²) in [6, 6.07) is 15.1. The smallest absolute Gasteiger partial charge is 0.330 e. The van der Waals surface area contributed by atoms with Crippen LogP contribution in [-0.2, 0) is 9.53 Å². The molecule has 25 heavy (non-hydrogen) atoms. The standard InChI is InChI=1S/C21H20N2O2/c1-2-21(24)25-17-11-15-8-9-16(12-17)23(15)20-10-7-14(13-22)18-5-3-4-6-19(18)20/h2-7,10,15-17H,1,8-9,11-12H2. The maximum atomic E-state index is 11.5. The first-order chi connectivity index (χ1) is 12.2. The highest BCUT2D eigenvalue weighted by atomic mass is 16.5. The number of hydrogen-bond donors (Lipinski definition) is 0. The van der Waals surface area contributed by atoms with Crippen LogP contribution in [0.5, 0.6) is 0 Å². The van der Waals surface area contributed by atoms with E-state index in [9.17, 15) is 10.1 Å². The van der Waals surface area contributed by atoms with Gasteiger partial charge in [-0.05, 0) is 25.0 Å². The maximum Gasteiger partial charge on any atom is 0.330 e. The average Bonchev–Trinajstić information content (AvgIpc) is 2.90. The number of rotatable bonds is 3. The van der Waals surface area contributed by atoms with E-state index in [-0.39, 0.29) is 12.1 Å². The summed E-state index contributed by atoms with van der Waals surface area (Å²) in [5, 5.41) is 11.5. The molecular weight excluding hydrogens is 312 g/mol. The Hall–Kier alpha value is -2.80. The van der Waals surface area contributed by atoms with Crippen molar-refractivity contribution in [1.82, 2.24) is 0 Å². The van der Waals surface area contributed by atoms with E-state index in [2.05, 4.69) is 29.7 Å². The van der Waals surface area contributed by atoms with Gasteiger partial charge in [-0.1, -0.05) is 30.8 Å². The van der Waals surface area contributed by atoms with Crippen LogP contribution in [0, 0.1) is 11.3 Å². The predicted molar refractivity (Wildman–Crippen MR) is 97.3 cm³/mol. The zero-order chi connectivity index (χ0) is 17.4. The molecule has 126 valence electrons. The van der Waals surface area contributed by atoms with Gasteiger partial charge in [0.05, 0.1) is 11.6 Å². The van der Waals surface area contributed by atoms with Crippen molar-refractivity contribution in [2.24, 2.45) is 0 Å². The fraction of sp³-hybridized carbons (Fsp3) is 0.333. The molecule has 0 spiro atoms. The first-order valence-corrected chi connectivity index (χ1v) is 8.74. The van der Waals surface area contributed by atoms with E-state index < -0.39 is 0 Å². The fourth-order valence-corrected chi connectivity index (χ4v) is 4.43. The SMILES string of the molecule is C=CC(=O)OC1CC2CCC(C1)N2c1ccc(C#N)c2ccccc12. The van der Waals surface area contributed by atoms with Gasteiger partial charge >= 0.3 is 5.97 Å². The zero-order valence-corrected chi connectivity index (χ0v) is 14.0. The van der Waals surface area contributed by atoms with Crippen LogP contribution in [0.1, 0.15) is 31.2 Å². The molecule has 2 aromatic rings. The molecule has 0 radical (unpaired) electrons. The topological polar surface area (TPSA) is 53.3 Å². The Balaban J connectivity index is 1.68. The normalized spacial score (nSPS) is 24.8. The van der Waals surface area contributed by atoms with Crippen LogP contribution in [0.2, 0.25) is 0 Å². The molecule has 0 amide bonds. The highest BCUT2D eigenvalue weighted by Gasteiger charge is 2.42. The molecule has 2 aliphatic rings. The summed E-state index contributed by atoms with van der Waals surface area (Å²) in [5.41, 5.74) is 1.90. The van der Waals surface area contributed by atoms with Crippen molar-refractivity contribution < 1.29 is 9.53 Å². The van der Waals surface area contributed by atoms with Gasteiger partial charge in [-0.25, -0.2) is 4.79 Å². The molecule has 2 aromatic carbocycles. The lowest BCUT2D eigenvalue weighted by Crippen LogP contribution is -2.46. The van der Waals surface area contributed by atoms with Gasteiger partial charge in [-0.2, -0.15) is 5.26 Å². The van der Waals surface area contributed by atoms with Gasteiger partial charge < -0.3 is 9.64 Å². The molecule has 2 fully saturated rings. The Morgan fingerprint density at radius 3 is 2.48 bits per heavy atom. The molecule has 4 nitrogen and oxygen atoms in total. The Kier molecular flexibility index (Phi) is 3.93. The molecule has 2 unspecified atom stereocenters. The quantitative estimate of drug-likeness (QED) is 0.631. The lowest BCUT2D eigenvalue weighted by Gasteiger charge is -2.40. The van der Waals surface area contributed by atoms with Crippen LogP contribution in [-0.4, -0.2) is 24.2 Å². The van der Waals surface area contributed by atoms with Crippen molar-refractivity contribution >= 4 is 22.4 Å². The summed E-state index contributed by atoms with van der Waals surface area (Å²) >= 11 is 0. The first kappa shape index (κ1) is 15.7. The number of piperidine rings is 1. The summed E-state index contributed by atoms with van der Waals surface area (Å²) in [5.74, 6) is -0.332. The Labute approximate surface area is 147 Å². The van der Waals surface area contributed by atoms with E-state index >= 15 is 0 Å². The molecule has 4 heteroatoms. The van der Waals surface area contributed by atoms with Crippen molar-refractivity contribution in [1.29, 1.82) is 5.26 Å². The lowest BCUT2D eigenvalue weighted by atomic mass is 9.96. The number of fused-ring (bicyclic) bond motifs is 3. The van der Waals surface area contributed by atoms with E-state index in [1.165, 1.54) is 11.8 Å². The van der Waals surface area contributed by atoms with Gasteiger partial charge in [0, 0.05) is 47.5 Å². The second kappa shape index (κ2) is 6.25. The molecular formula is C21H20N2O2. The number of anilines is 1. The van der Waals surface area contributed by atoms with Gasteiger partial charge in [0.15, 0.2) is 0 Å². The molecule has 0 aliphatic carbocycles. The Bertz CT molecular complexity index is 869. The van der Waals surface area contributed by atoms with Crippen LogP contribution in [0.15, 0.2) is 49.1 Å². The van der Waals surface area contributed by atoms with Gasteiger partial charge in [0.25, 0.3) is 0 Å². The minimum Gasteiger partial charge on any atom is -0.459 e. The van der Waals surface area contributed by atoms with Gasteiger partial charge in [0.1, 0.15) is 6.10 Å². The number of nitriles is 1. The average molecular weight is 332 g/mol. The lowest BCUT2D eigenvalue weighted by molar-refractivity contribution is -0.144. The summed E-state index contributed by atoms with van der Waals surface area (Å²) in [6.07, 6.45) is 5.14. The number of carbonyl (C=O) groups excluding carboxylic acids is 1. The number of carbonyl (C=O) groups is 1. The number of benzene rings is 2. The second-order valence-corrected chi connectivity index (χ2v) is 6.82. The van der Waals surface area contributed by atoms with Crippen molar-refractivity contribution in [3.8, 4) is 6.07 Å². The molecule has 0 saturated carbocycles. The van der Waals surface area contributed by atoms with Crippen molar-refractivity contribution in [2.45, 2.75) is 43.9 Å². The molecule has 2 bridgehead atoms. The zero-order valence-electron chi connectivity index (χ0n) is 14.0. The van der Waals surface area contributed by atoms with E-state index in [1.807, 2.05) is 24.3 Å². The summed E-state index contributed by atoms with van der Waals surface area (Å²) in [6.45, 7) is 3.48. The van der Waals surface area contributed by atoms with E-state index in [4.69, 9.17) is 4.74 Å². The van der Waals surface area contributed by atoms with Crippen LogP contribution in [0.3, 0.4) is 0 Å². The molecule has 0 N–H and O–H groups in total. The minimum absolute atomic E-state index is 0.0242. The van der Waals surface area contributed by atoms with E-state index in [1.54, 1.807) is 0 Å². The Morgan fingerprint density at radius 2 is 1.84 bits per heavy atom. The van der Waals surface area contributed by atoms with Crippen LogP contribution in [0.25, 0.3) is 10.8 Å². The van der Waals surface area contributed by atoms with Gasteiger partial charge in [-0.15, -0.1) is 0 Å². The van der Waals surface area contributed by atoms with Crippen molar-refractivity contribution in [3.63, 3.8) is 0 Å². The molecule has 4 rings (SSSR count). The van der Waals surface area contributed by atoms with Crippen LogP contribution < -0.4 is 4.90 Å². The Morgan fingerprint density at radius 1 is 1.16 bits per heavy atom. The third kappa shape index (κ3) is 2.66. The summed E-state index contributed by atoms with van der Waals surface area (Å²) in [7, 11) is 0. The van der Waals surface area contributed by atoms with Crippen LogP contribution in [0.4, 0.5) is 5.69 Å². The molecule has 2 heterocycles. The van der Waals surface area contributed by atoms with Crippen LogP contribution >= 0.6 is 0 Å². The highest BCUT2D eigenvalue weighted by molar-refractivity contribution is 5.98. The number of esters is 1. The van der Waals surface area contributed by atoms with Gasteiger partial charge in [-0.3, -0.25) is 0 Å². The first-order valence-electron chi connectivity index (χ1n) is 8.74. The number of nitrogens with zero attached hydrogens (tertiary/aromatic N) is 2. The second-order valence-electron chi connectivity index (χ2n) is 6.82. The molecule has 2 aliphatic heterocycles. The third-order valence-electron chi connectivity index (χ3n) is 5.44. The number of hydrogen-bond acceptors (Lipinski definition) is 4. The third-order valence-corrected chi connectivity index (χ3v) is 5.44. The summed E-state index contributed by atoms with van der Waals surface area (Å²) in [4.78, 5) is 14.0. The predicted octanol–water partition coefficient (Wildman–Crippen LogP) is 3.94. The van der Waals surface area contributed by atoms with E-state index in [0.717, 1.165) is 36.5 Å². The number of ether oxygens (including phenoxy) is 1. The van der Waals surface area contributed by atoms with E-state index in [0.29, 0.717) is 17.6 Å². The maximum absolute atomic E-state index is 11.5. The fourth-order valence-electron chi connectivity index (χ4n) is 4.43. The van der Waals surface area contributed by atoms with Crippen molar-refractivity contribution in [3.05, 3.63) is 54.6 Å². The highest BCUT2D eigenvalue weighted by Crippen LogP contribution is 2.43. The van der Waals surface area contributed by atoms with Gasteiger partial charge in [0.2, 0.25) is 0 Å². The monoisotopic (exact) mass is 332 g/mol. The molecule has 2 saturated heterocycles. The molecule has 2 atom stereocenters. The molecule has 0 aromatic heterocycles. The minimum atomic E-state index is -0.332. The van der Waals surface area contributed by atoms with Crippen molar-refractivity contribution in [2.75, 3.05) is 4.90 Å². The summed E-state index contributed by atoms with van der Waals surface area (Å²) < 4.78 is 5.50.